The van der Waals surface area contributed by atoms with E-state index < -0.39 is 0 Å². The van der Waals surface area contributed by atoms with Crippen LogP contribution in [0, 0.1) is 0 Å². The first kappa shape index (κ1) is 6.56. The fourth-order valence-electron chi connectivity index (χ4n) is 0.144. The molecule has 0 spiro atoms. The Hall–Kier alpha value is -0.440. The lowest BCUT2D eigenvalue weighted by atomic mass is 11.0. The van der Waals surface area contributed by atoms with Crippen LogP contribution < -0.4 is 0 Å². The van der Waals surface area contributed by atoms with E-state index in [0.29, 0.717) is 0 Å². The third kappa shape index (κ3) is 5.56. The Morgan fingerprint density at radius 2 is 2.43 bits per heavy atom. The highest BCUT2D eigenvalue weighted by molar-refractivity contribution is 7.78. The van der Waals surface area contributed by atoms with E-state index in [9.17, 15) is 0 Å². The first-order valence-electron chi connectivity index (χ1n) is 1.83. The van der Waals surface area contributed by atoms with Crippen molar-refractivity contribution in [2.75, 3.05) is 7.05 Å². The van der Waals surface area contributed by atoms with Crippen LogP contribution in [0.1, 0.15) is 0 Å². The van der Waals surface area contributed by atoms with Crippen molar-refractivity contribution < 1.29 is 0 Å². The van der Waals surface area contributed by atoms with E-state index in [0.717, 1.165) is 0 Å². The van der Waals surface area contributed by atoms with Crippen LogP contribution in [0.3, 0.4) is 0 Å². The van der Waals surface area contributed by atoms with Gasteiger partial charge in [0.25, 0.3) is 0 Å². The maximum absolute atomic E-state index is 3.87. The summed E-state index contributed by atoms with van der Waals surface area (Å²) >= 11 is 3.87. The first-order valence-corrected chi connectivity index (χ1v) is 2.23. The summed E-state index contributed by atoms with van der Waals surface area (Å²) in [6, 6.07) is 0. The van der Waals surface area contributed by atoms with Gasteiger partial charge in [-0.05, 0) is 0 Å². The molecule has 7 heavy (non-hydrogen) atoms. The van der Waals surface area contributed by atoms with Gasteiger partial charge >= 0.3 is 0 Å². The standard InChI is InChI=1S/C4H8N2S/c1-3-5-4-6(2)7/h3-4,7H,1H2,2H3. The topological polar surface area (TPSA) is 15.6 Å². The summed E-state index contributed by atoms with van der Waals surface area (Å²) in [4.78, 5) is 3.66. The molecule has 3 heteroatoms. The van der Waals surface area contributed by atoms with Gasteiger partial charge in [0.1, 0.15) is 0 Å². The van der Waals surface area contributed by atoms with Crippen LogP contribution in [-0.2, 0) is 0 Å². The molecule has 0 aliphatic heterocycles. The highest BCUT2D eigenvalue weighted by Gasteiger charge is 1.70. The van der Waals surface area contributed by atoms with Gasteiger partial charge in [0.15, 0.2) is 0 Å². The van der Waals surface area contributed by atoms with Gasteiger partial charge in [-0.3, -0.25) is 0 Å². The Kier molecular flexibility index (Phi) is 3.50. The average Bonchev–Trinajstić information content (AvgIpc) is 1.61. The maximum atomic E-state index is 3.87. The van der Waals surface area contributed by atoms with Gasteiger partial charge in [-0.2, -0.15) is 0 Å². The molecule has 0 rings (SSSR count). The quantitative estimate of drug-likeness (QED) is 0.322. The van der Waals surface area contributed by atoms with Crippen molar-refractivity contribution in [1.29, 1.82) is 0 Å². The van der Waals surface area contributed by atoms with Gasteiger partial charge in [0.2, 0.25) is 0 Å². The van der Waals surface area contributed by atoms with Gasteiger partial charge in [0, 0.05) is 13.2 Å². The summed E-state index contributed by atoms with van der Waals surface area (Å²) in [7, 11) is 1.77. The predicted octanol–water partition coefficient (Wildman–Crippen LogP) is 0.935. The zero-order valence-electron chi connectivity index (χ0n) is 4.20. The molecular formula is C4H8N2S. The first-order chi connectivity index (χ1) is 3.27. The van der Waals surface area contributed by atoms with Crippen LogP contribution in [0.4, 0.5) is 0 Å². The summed E-state index contributed by atoms with van der Waals surface area (Å²) in [6.07, 6.45) is 3.00. The molecule has 0 fully saturated rings. The molecular weight excluding hydrogens is 108 g/mol. The van der Waals surface area contributed by atoms with Crippen molar-refractivity contribution >= 4 is 19.2 Å². The molecule has 0 heterocycles. The molecule has 0 unspecified atom stereocenters. The number of nitrogens with zero attached hydrogens (tertiary/aromatic N) is 2. The monoisotopic (exact) mass is 116 g/mol. The second kappa shape index (κ2) is 3.74. The van der Waals surface area contributed by atoms with E-state index in [-0.39, 0.29) is 0 Å². The molecule has 0 aliphatic rings. The molecule has 0 saturated heterocycles. The lowest BCUT2D eigenvalue weighted by Gasteiger charge is -1.96. The summed E-state index contributed by atoms with van der Waals surface area (Å²) in [5.74, 6) is 0. The molecule has 2 nitrogen and oxygen atoms in total. The van der Waals surface area contributed by atoms with Crippen molar-refractivity contribution in [3.8, 4) is 0 Å². The van der Waals surface area contributed by atoms with E-state index >= 15 is 0 Å². The fraction of sp³-hybridized carbons (Fsp3) is 0.250. The molecule has 0 aromatic carbocycles. The molecule has 0 amide bonds. The van der Waals surface area contributed by atoms with Crippen molar-refractivity contribution in [2.45, 2.75) is 0 Å². The van der Waals surface area contributed by atoms with Crippen LogP contribution in [0.15, 0.2) is 17.8 Å². The van der Waals surface area contributed by atoms with Crippen molar-refractivity contribution in [3.05, 3.63) is 12.8 Å². The van der Waals surface area contributed by atoms with Crippen LogP contribution in [0.2, 0.25) is 0 Å². The number of thiol groups is 1. The summed E-state index contributed by atoms with van der Waals surface area (Å²) in [6.45, 7) is 3.37. The molecule has 0 N–H and O–H groups in total. The molecule has 0 atom stereocenters. The Morgan fingerprint density at radius 3 is 2.57 bits per heavy atom. The SMILES string of the molecule is C=CN=CN(C)S. The van der Waals surface area contributed by atoms with Crippen molar-refractivity contribution in [2.24, 2.45) is 4.99 Å². The second-order valence-electron chi connectivity index (χ2n) is 1.02. The minimum absolute atomic E-state index is 1.45. The largest absolute Gasteiger partial charge is 0.312 e. The Balaban J connectivity index is 3.25. The Labute approximate surface area is 49.1 Å². The third-order valence-electron chi connectivity index (χ3n) is 0.339. The third-order valence-corrected chi connectivity index (χ3v) is 0.442. The minimum Gasteiger partial charge on any atom is -0.312 e. The second-order valence-corrected chi connectivity index (χ2v) is 1.65. The van der Waals surface area contributed by atoms with Gasteiger partial charge < -0.3 is 4.31 Å². The highest BCUT2D eigenvalue weighted by atomic mass is 32.1. The molecule has 0 aliphatic carbocycles. The molecule has 0 radical (unpaired) electrons. The number of aliphatic imine (C=N–C) groups is 1. The van der Waals surface area contributed by atoms with Crippen LogP contribution in [-0.4, -0.2) is 17.7 Å². The molecule has 40 valence electrons. The number of hydrogen-bond donors (Lipinski definition) is 1. The Bertz CT molecular complexity index is 77.8. The molecule has 0 bridgehead atoms. The highest BCUT2D eigenvalue weighted by Crippen LogP contribution is 1.77. The summed E-state index contributed by atoms with van der Waals surface area (Å²) < 4.78 is 1.54. The van der Waals surface area contributed by atoms with E-state index in [1.807, 2.05) is 0 Å². The van der Waals surface area contributed by atoms with Crippen molar-refractivity contribution in [1.82, 2.24) is 4.31 Å². The minimum atomic E-state index is 1.45. The van der Waals surface area contributed by atoms with Crippen LogP contribution in [0.5, 0.6) is 0 Å². The number of rotatable bonds is 2. The molecule has 0 saturated carbocycles. The normalized spacial score (nSPS) is 9.43. The van der Waals surface area contributed by atoms with E-state index in [2.05, 4.69) is 24.4 Å². The molecule has 0 aromatic rings. The van der Waals surface area contributed by atoms with Gasteiger partial charge in [-0.1, -0.05) is 19.4 Å². The van der Waals surface area contributed by atoms with Gasteiger partial charge in [-0.25, -0.2) is 4.99 Å². The maximum Gasteiger partial charge on any atom is 0.0999 e. The Morgan fingerprint density at radius 1 is 1.86 bits per heavy atom. The fourth-order valence-corrected chi connectivity index (χ4v) is 0.203. The summed E-state index contributed by atoms with van der Waals surface area (Å²) in [5, 5.41) is 0. The lowest BCUT2D eigenvalue weighted by molar-refractivity contribution is 0.884. The van der Waals surface area contributed by atoms with E-state index in [1.54, 1.807) is 17.7 Å². The van der Waals surface area contributed by atoms with Crippen molar-refractivity contribution in [3.63, 3.8) is 0 Å². The smallest absolute Gasteiger partial charge is 0.0999 e. The molecule has 0 aromatic heterocycles. The summed E-state index contributed by atoms with van der Waals surface area (Å²) in [5.41, 5.74) is 0. The van der Waals surface area contributed by atoms with Crippen LogP contribution >= 0.6 is 12.8 Å². The zero-order valence-corrected chi connectivity index (χ0v) is 5.10. The number of hydrogen-bond acceptors (Lipinski definition) is 2. The van der Waals surface area contributed by atoms with E-state index in [4.69, 9.17) is 0 Å². The van der Waals surface area contributed by atoms with E-state index in [1.165, 1.54) is 6.20 Å². The zero-order chi connectivity index (χ0) is 5.70. The average molecular weight is 116 g/mol. The predicted molar refractivity (Wildman–Crippen MR) is 35.4 cm³/mol. The van der Waals surface area contributed by atoms with Crippen LogP contribution in [0.25, 0.3) is 0 Å². The lowest BCUT2D eigenvalue weighted by Crippen LogP contribution is -1.98. The van der Waals surface area contributed by atoms with Gasteiger partial charge in [-0.15, -0.1) is 0 Å². The van der Waals surface area contributed by atoms with Gasteiger partial charge in [0.05, 0.1) is 6.34 Å².